The van der Waals surface area contributed by atoms with Gasteiger partial charge in [0.1, 0.15) is 0 Å². The third kappa shape index (κ3) is 2.76. The minimum Gasteiger partial charge on any atom is -0.490 e. The van der Waals surface area contributed by atoms with Gasteiger partial charge in [0.2, 0.25) is 0 Å². The van der Waals surface area contributed by atoms with E-state index in [0.717, 1.165) is 5.56 Å². The van der Waals surface area contributed by atoms with Crippen LogP contribution in [0.5, 0.6) is 5.75 Å². The van der Waals surface area contributed by atoms with Crippen molar-refractivity contribution < 1.29 is 19.6 Å². The van der Waals surface area contributed by atoms with Crippen molar-refractivity contribution in [2.24, 2.45) is 0 Å². The fourth-order valence-electron chi connectivity index (χ4n) is 1.82. The van der Waals surface area contributed by atoms with E-state index in [-0.39, 0.29) is 18.0 Å². The van der Waals surface area contributed by atoms with Gasteiger partial charge in [0.15, 0.2) is 5.75 Å². The van der Waals surface area contributed by atoms with Gasteiger partial charge in [-0.3, -0.25) is 15.0 Å². The van der Waals surface area contributed by atoms with Crippen molar-refractivity contribution in [2.75, 3.05) is 20.3 Å². The monoisotopic (exact) mass is 254 g/mol. The van der Waals surface area contributed by atoms with Crippen molar-refractivity contribution >= 4 is 5.69 Å². The molecule has 1 N–H and O–H groups in total. The van der Waals surface area contributed by atoms with E-state index in [2.05, 4.69) is 0 Å². The van der Waals surface area contributed by atoms with Crippen molar-refractivity contribution in [3.05, 3.63) is 33.9 Å². The Morgan fingerprint density at radius 3 is 3.00 bits per heavy atom. The van der Waals surface area contributed by atoms with Crippen LogP contribution in [0.4, 0.5) is 5.69 Å². The zero-order valence-corrected chi connectivity index (χ0v) is 9.91. The van der Waals surface area contributed by atoms with E-state index in [9.17, 15) is 15.2 Å². The minimum atomic E-state index is -0.502. The van der Waals surface area contributed by atoms with Crippen LogP contribution in [0, 0.1) is 10.1 Å². The summed E-state index contributed by atoms with van der Waals surface area (Å²) in [6, 6.07) is 4.74. The van der Waals surface area contributed by atoms with Crippen LogP contribution in [0.15, 0.2) is 18.2 Å². The normalized spacial score (nSPS) is 20.0. The van der Waals surface area contributed by atoms with Gasteiger partial charge < -0.3 is 9.84 Å². The first-order valence-corrected chi connectivity index (χ1v) is 5.47. The van der Waals surface area contributed by atoms with Crippen LogP contribution in [0.2, 0.25) is 0 Å². The molecule has 0 aromatic heterocycles. The van der Waals surface area contributed by atoms with E-state index in [1.807, 2.05) is 0 Å². The molecule has 1 aliphatic heterocycles. The zero-order chi connectivity index (χ0) is 13.1. The van der Waals surface area contributed by atoms with Crippen LogP contribution in [0.1, 0.15) is 5.56 Å². The summed E-state index contributed by atoms with van der Waals surface area (Å²) in [6.45, 7) is 1.06. The lowest BCUT2D eigenvalue weighted by molar-refractivity contribution is -0.385. The first-order valence-electron chi connectivity index (χ1n) is 5.47. The number of nitrogens with zero attached hydrogens (tertiary/aromatic N) is 2. The van der Waals surface area contributed by atoms with Crippen molar-refractivity contribution in [1.82, 2.24) is 5.06 Å². The van der Waals surface area contributed by atoms with Gasteiger partial charge in [-0.2, -0.15) is 5.06 Å². The smallest absolute Gasteiger partial charge is 0.311 e. The summed E-state index contributed by atoms with van der Waals surface area (Å²) in [5.74, 6) is 0.228. The Morgan fingerprint density at radius 1 is 1.67 bits per heavy atom. The van der Waals surface area contributed by atoms with Crippen LogP contribution in [-0.2, 0) is 11.4 Å². The summed E-state index contributed by atoms with van der Waals surface area (Å²) < 4.78 is 4.92. The van der Waals surface area contributed by atoms with Crippen LogP contribution in [-0.4, -0.2) is 41.5 Å². The molecule has 1 heterocycles. The van der Waals surface area contributed by atoms with E-state index in [1.165, 1.54) is 13.2 Å². The van der Waals surface area contributed by atoms with Gasteiger partial charge in [-0.25, -0.2) is 0 Å². The van der Waals surface area contributed by atoms with Crippen molar-refractivity contribution in [3.8, 4) is 5.75 Å². The zero-order valence-electron chi connectivity index (χ0n) is 9.91. The van der Waals surface area contributed by atoms with E-state index >= 15 is 0 Å². The standard InChI is InChI=1S/C11H14N2O5/c1-17-11-3-2-8(4-10(11)13(15)16)5-12-6-9(14)7-18-12/h2-4,9,14H,5-7H2,1H3/t9-/m0/s1. The molecule has 1 fully saturated rings. The first kappa shape index (κ1) is 12.7. The largest absolute Gasteiger partial charge is 0.490 e. The lowest BCUT2D eigenvalue weighted by Gasteiger charge is -2.13. The van der Waals surface area contributed by atoms with E-state index in [1.54, 1.807) is 17.2 Å². The van der Waals surface area contributed by atoms with Gasteiger partial charge in [-0.15, -0.1) is 0 Å². The van der Waals surface area contributed by atoms with Crippen molar-refractivity contribution in [1.29, 1.82) is 0 Å². The molecule has 18 heavy (non-hydrogen) atoms. The molecule has 1 aromatic rings. The van der Waals surface area contributed by atoms with Gasteiger partial charge in [-0.1, -0.05) is 6.07 Å². The number of ether oxygens (including phenoxy) is 1. The summed E-state index contributed by atoms with van der Waals surface area (Å²) >= 11 is 0. The SMILES string of the molecule is COc1ccc(CN2C[C@H](O)CO2)cc1[N+](=O)[O-]. The summed E-state index contributed by atoms with van der Waals surface area (Å²) in [4.78, 5) is 15.6. The van der Waals surface area contributed by atoms with Gasteiger partial charge in [0.05, 0.1) is 31.3 Å². The molecule has 0 saturated carbocycles. The molecule has 1 aliphatic rings. The Kier molecular flexibility index (Phi) is 3.75. The van der Waals surface area contributed by atoms with E-state index in [0.29, 0.717) is 13.1 Å². The second-order valence-electron chi connectivity index (χ2n) is 4.04. The molecule has 0 bridgehead atoms. The Morgan fingerprint density at radius 2 is 2.44 bits per heavy atom. The number of aliphatic hydroxyl groups excluding tert-OH is 1. The molecule has 0 spiro atoms. The summed E-state index contributed by atoms with van der Waals surface area (Å²) in [6.07, 6.45) is -0.502. The Balaban J connectivity index is 2.14. The predicted octanol–water partition coefficient (Wildman–Crippen LogP) is 0.711. The average molecular weight is 254 g/mol. The molecule has 1 saturated heterocycles. The molecule has 0 aliphatic carbocycles. The van der Waals surface area contributed by atoms with Gasteiger partial charge in [-0.05, 0) is 11.6 Å². The van der Waals surface area contributed by atoms with Crippen molar-refractivity contribution in [2.45, 2.75) is 12.6 Å². The summed E-state index contributed by atoms with van der Waals surface area (Å²) in [7, 11) is 1.39. The van der Waals surface area contributed by atoms with Gasteiger partial charge in [0.25, 0.3) is 0 Å². The molecule has 1 aromatic carbocycles. The maximum Gasteiger partial charge on any atom is 0.311 e. The topological polar surface area (TPSA) is 85.1 Å². The number of hydroxylamine groups is 2. The van der Waals surface area contributed by atoms with Crippen LogP contribution in [0.25, 0.3) is 0 Å². The third-order valence-corrected chi connectivity index (χ3v) is 2.66. The number of nitro benzene ring substituents is 1. The van der Waals surface area contributed by atoms with Crippen LogP contribution in [0.3, 0.4) is 0 Å². The highest BCUT2D eigenvalue weighted by Crippen LogP contribution is 2.28. The molecule has 0 unspecified atom stereocenters. The molecule has 7 nitrogen and oxygen atoms in total. The molecule has 0 amide bonds. The van der Waals surface area contributed by atoms with E-state index in [4.69, 9.17) is 9.57 Å². The van der Waals surface area contributed by atoms with Crippen LogP contribution < -0.4 is 4.74 Å². The molecule has 98 valence electrons. The molecule has 2 rings (SSSR count). The Bertz CT molecular complexity index is 451. The highest BCUT2D eigenvalue weighted by Gasteiger charge is 2.22. The number of methoxy groups -OCH3 is 1. The molecule has 1 atom stereocenters. The number of hydrogen-bond acceptors (Lipinski definition) is 6. The minimum absolute atomic E-state index is 0.0743. The number of benzene rings is 1. The Hall–Kier alpha value is -1.70. The van der Waals surface area contributed by atoms with Crippen molar-refractivity contribution in [3.63, 3.8) is 0 Å². The maximum atomic E-state index is 10.9. The summed E-state index contributed by atoms with van der Waals surface area (Å²) in [5, 5.41) is 21.8. The number of nitro groups is 1. The number of β-amino-alcohol motifs (C(OH)–C–C–N with tert-alkyl or cyclic N) is 1. The number of rotatable bonds is 4. The molecule has 0 radical (unpaired) electrons. The highest BCUT2D eigenvalue weighted by molar-refractivity contribution is 5.48. The fourth-order valence-corrected chi connectivity index (χ4v) is 1.82. The summed E-state index contributed by atoms with van der Waals surface area (Å²) in [5.41, 5.74) is 0.659. The van der Waals surface area contributed by atoms with Gasteiger partial charge in [0, 0.05) is 12.6 Å². The Labute approximate surface area is 104 Å². The lowest BCUT2D eigenvalue weighted by atomic mass is 10.2. The fraction of sp³-hybridized carbons (Fsp3) is 0.455. The average Bonchev–Trinajstić information content (AvgIpc) is 2.74. The second-order valence-corrected chi connectivity index (χ2v) is 4.04. The van der Waals surface area contributed by atoms with Crippen LogP contribution >= 0.6 is 0 Å². The van der Waals surface area contributed by atoms with E-state index < -0.39 is 11.0 Å². The molecular weight excluding hydrogens is 240 g/mol. The number of hydrogen-bond donors (Lipinski definition) is 1. The third-order valence-electron chi connectivity index (χ3n) is 2.66. The molecule has 7 heteroatoms. The first-order chi connectivity index (χ1) is 8.60. The maximum absolute atomic E-state index is 10.9. The molecular formula is C11H14N2O5. The number of aliphatic hydroxyl groups is 1. The second kappa shape index (κ2) is 5.30. The van der Waals surface area contributed by atoms with Gasteiger partial charge >= 0.3 is 5.69 Å². The highest BCUT2D eigenvalue weighted by atomic mass is 16.7. The quantitative estimate of drug-likeness (QED) is 0.629. The lowest BCUT2D eigenvalue weighted by Crippen LogP contribution is -2.20. The predicted molar refractivity (Wildman–Crippen MR) is 62.0 cm³/mol.